The van der Waals surface area contributed by atoms with Gasteiger partial charge in [0.1, 0.15) is 10.6 Å². The molecule has 0 radical (unpaired) electrons. The SMILES string of the molecule is Cc1cc2oc(C(=O)NCc3csc(-c4ccccc4)n3)c(C)c2cc1Cl. The molecule has 0 spiro atoms. The van der Waals surface area contributed by atoms with Gasteiger partial charge >= 0.3 is 0 Å². The molecule has 27 heavy (non-hydrogen) atoms. The molecule has 136 valence electrons. The van der Waals surface area contributed by atoms with Crippen LogP contribution in [-0.2, 0) is 6.54 Å². The first-order valence-corrected chi connectivity index (χ1v) is 9.76. The highest BCUT2D eigenvalue weighted by Crippen LogP contribution is 2.30. The van der Waals surface area contributed by atoms with Crippen LogP contribution in [0, 0.1) is 13.8 Å². The van der Waals surface area contributed by atoms with Crippen molar-refractivity contribution in [3.8, 4) is 10.6 Å². The number of aromatic nitrogens is 1. The van der Waals surface area contributed by atoms with Crippen molar-refractivity contribution in [2.75, 3.05) is 0 Å². The number of benzene rings is 2. The molecular formula is C21H17ClN2O2S. The minimum Gasteiger partial charge on any atom is -0.451 e. The molecule has 2 aromatic heterocycles. The first kappa shape index (κ1) is 17.8. The smallest absolute Gasteiger partial charge is 0.287 e. The Morgan fingerprint density at radius 2 is 2.00 bits per heavy atom. The minimum atomic E-state index is -0.258. The number of fused-ring (bicyclic) bond motifs is 1. The molecule has 0 saturated heterocycles. The number of furan rings is 1. The third-order valence-electron chi connectivity index (χ3n) is 4.43. The summed E-state index contributed by atoms with van der Waals surface area (Å²) in [6, 6.07) is 13.7. The quantitative estimate of drug-likeness (QED) is 0.477. The number of aryl methyl sites for hydroxylation is 2. The fourth-order valence-electron chi connectivity index (χ4n) is 2.91. The maximum Gasteiger partial charge on any atom is 0.287 e. The number of thiazole rings is 1. The van der Waals surface area contributed by atoms with Gasteiger partial charge in [-0.25, -0.2) is 4.98 Å². The van der Waals surface area contributed by atoms with E-state index in [1.165, 1.54) is 0 Å². The van der Waals surface area contributed by atoms with E-state index >= 15 is 0 Å². The zero-order valence-corrected chi connectivity index (χ0v) is 16.4. The molecule has 1 N–H and O–H groups in total. The molecule has 4 aromatic rings. The third-order valence-corrected chi connectivity index (χ3v) is 5.77. The van der Waals surface area contributed by atoms with Crippen LogP contribution in [0.1, 0.15) is 27.4 Å². The molecule has 0 aliphatic carbocycles. The number of rotatable bonds is 4. The monoisotopic (exact) mass is 396 g/mol. The van der Waals surface area contributed by atoms with Crippen molar-refractivity contribution in [2.24, 2.45) is 0 Å². The van der Waals surface area contributed by atoms with Crippen LogP contribution in [-0.4, -0.2) is 10.9 Å². The molecule has 0 fully saturated rings. The van der Waals surface area contributed by atoms with Gasteiger partial charge in [0.15, 0.2) is 5.76 Å². The zero-order chi connectivity index (χ0) is 19.0. The van der Waals surface area contributed by atoms with E-state index < -0.39 is 0 Å². The lowest BCUT2D eigenvalue weighted by molar-refractivity contribution is 0.0924. The van der Waals surface area contributed by atoms with Crippen LogP contribution < -0.4 is 5.32 Å². The average Bonchev–Trinajstić information content (AvgIpc) is 3.27. The van der Waals surface area contributed by atoms with Gasteiger partial charge < -0.3 is 9.73 Å². The van der Waals surface area contributed by atoms with Gasteiger partial charge in [0.05, 0.1) is 12.2 Å². The molecule has 2 aromatic carbocycles. The average molecular weight is 397 g/mol. The van der Waals surface area contributed by atoms with E-state index in [0.717, 1.165) is 32.8 Å². The standard InChI is InChI=1S/C21H17ClN2O2S/c1-12-8-18-16(9-17(12)22)13(2)19(26-18)20(25)23-10-15-11-27-21(24-15)14-6-4-3-5-7-14/h3-9,11H,10H2,1-2H3,(H,23,25). The van der Waals surface area contributed by atoms with Gasteiger partial charge in [0.2, 0.25) is 0 Å². The molecule has 0 saturated carbocycles. The van der Waals surface area contributed by atoms with E-state index in [1.807, 2.05) is 61.7 Å². The number of carbonyl (C=O) groups is 1. The van der Waals surface area contributed by atoms with Crippen LogP contribution in [0.4, 0.5) is 0 Å². The highest BCUT2D eigenvalue weighted by molar-refractivity contribution is 7.13. The van der Waals surface area contributed by atoms with Crippen molar-refractivity contribution in [1.29, 1.82) is 0 Å². The fourth-order valence-corrected chi connectivity index (χ4v) is 3.90. The second-order valence-corrected chi connectivity index (χ2v) is 7.61. The topological polar surface area (TPSA) is 55.1 Å². The van der Waals surface area contributed by atoms with Gasteiger partial charge in [-0.1, -0.05) is 41.9 Å². The van der Waals surface area contributed by atoms with Crippen LogP contribution in [0.3, 0.4) is 0 Å². The molecule has 2 heterocycles. The van der Waals surface area contributed by atoms with Crippen molar-refractivity contribution in [3.63, 3.8) is 0 Å². The molecule has 0 unspecified atom stereocenters. The molecule has 0 aliphatic heterocycles. The predicted octanol–water partition coefficient (Wildman–Crippen LogP) is 5.76. The van der Waals surface area contributed by atoms with Crippen molar-refractivity contribution in [3.05, 3.63) is 75.4 Å². The Labute approximate surface area is 165 Å². The highest BCUT2D eigenvalue weighted by atomic mass is 35.5. The molecule has 4 nitrogen and oxygen atoms in total. The minimum absolute atomic E-state index is 0.258. The Morgan fingerprint density at radius 3 is 2.78 bits per heavy atom. The predicted molar refractivity (Wildman–Crippen MR) is 109 cm³/mol. The number of carbonyl (C=O) groups excluding carboxylic acids is 1. The lowest BCUT2D eigenvalue weighted by Crippen LogP contribution is -2.23. The maximum atomic E-state index is 12.6. The van der Waals surface area contributed by atoms with Gasteiger partial charge in [-0.15, -0.1) is 11.3 Å². The number of hydrogen-bond acceptors (Lipinski definition) is 4. The maximum absolute atomic E-state index is 12.6. The summed E-state index contributed by atoms with van der Waals surface area (Å²) in [6.45, 7) is 4.12. The number of nitrogens with zero attached hydrogens (tertiary/aromatic N) is 1. The molecule has 0 bridgehead atoms. The number of nitrogens with one attached hydrogen (secondary N) is 1. The molecular weight excluding hydrogens is 380 g/mol. The van der Waals surface area contributed by atoms with Crippen LogP contribution in [0.25, 0.3) is 21.5 Å². The van der Waals surface area contributed by atoms with Crippen molar-refractivity contribution < 1.29 is 9.21 Å². The Hall–Kier alpha value is -2.63. The molecule has 6 heteroatoms. The molecule has 1 amide bonds. The van der Waals surface area contributed by atoms with E-state index in [0.29, 0.717) is 22.9 Å². The number of halogens is 1. The van der Waals surface area contributed by atoms with E-state index in [2.05, 4.69) is 10.3 Å². The fraction of sp³-hybridized carbons (Fsp3) is 0.143. The summed E-state index contributed by atoms with van der Waals surface area (Å²) in [5, 5.41) is 7.30. The van der Waals surface area contributed by atoms with Gasteiger partial charge in [0, 0.05) is 26.9 Å². The summed E-state index contributed by atoms with van der Waals surface area (Å²) < 4.78 is 5.77. The van der Waals surface area contributed by atoms with Crippen molar-refractivity contribution >= 4 is 39.8 Å². The molecule has 0 atom stereocenters. The Morgan fingerprint density at radius 1 is 1.22 bits per heavy atom. The van der Waals surface area contributed by atoms with Crippen molar-refractivity contribution in [1.82, 2.24) is 10.3 Å². The van der Waals surface area contributed by atoms with E-state index in [9.17, 15) is 4.79 Å². The second kappa shape index (κ2) is 7.18. The number of hydrogen-bond donors (Lipinski definition) is 1. The highest BCUT2D eigenvalue weighted by Gasteiger charge is 2.18. The largest absolute Gasteiger partial charge is 0.451 e. The molecule has 0 aliphatic rings. The summed E-state index contributed by atoms with van der Waals surface area (Å²) in [6.07, 6.45) is 0. The summed E-state index contributed by atoms with van der Waals surface area (Å²) in [5.74, 6) is 0.0527. The van der Waals surface area contributed by atoms with Crippen LogP contribution in [0.5, 0.6) is 0 Å². The van der Waals surface area contributed by atoms with Crippen LogP contribution in [0.2, 0.25) is 5.02 Å². The Kier molecular flexibility index (Phi) is 4.72. The number of amides is 1. The zero-order valence-electron chi connectivity index (χ0n) is 14.9. The van der Waals surface area contributed by atoms with Gasteiger partial charge in [-0.3, -0.25) is 4.79 Å². The van der Waals surface area contributed by atoms with E-state index in [-0.39, 0.29) is 5.91 Å². The first-order valence-electron chi connectivity index (χ1n) is 8.50. The first-order chi connectivity index (χ1) is 13.0. The van der Waals surface area contributed by atoms with Crippen molar-refractivity contribution in [2.45, 2.75) is 20.4 Å². The third kappa shape index (κ3) is 3.48. The second-order valence-electron chi connectivity index (χ2n) is 6.35. The lowest BCUT2D eigenvalue weighted by Gasteiger charge is -2.01. The normalized spacial score (nSPS) is 11.1. The molecule has 4 rings (SSSR count). The van der Waals surface area contributed by atoms with Gasteiger partial charge in [-0.05, 0) is 31.5 Å². The van der Waals surface area contributed by atoms with Gasteiger partial charge in [-0.2, -0.15) is 0 Å². The summed E-state index contributed by atoms with van der Waals surface area (Å²) in [5.41, 5.74) is 4.26. The van der Waals surface area contributed by atoms with E-state index in [1.54, 1.807) is 11.3 Å². The summed E-state index contributed by atoms with van der Waals surface area (Å²) >= 11 is 7.75. The van der Waals surface area contributed by atoms with E-state index in [4.69, 9.17) is 16.0 Å². The van der Waals surface area contributed by atoms with Crippen LogP contribution >= 0.6 is 22.9 Å². The lowest BCUT2D eigenvalue weighted by atomic mass is 10.1. The Bertz CT molecular complexity index is 1130. The Balaban J connectivity index is 1.51. The summed E-state index contributed by atoms with van der Waals surface area (Å²) in [4.78, 5) is 17.2. The summed E-state index contributed by atoms with van der Waals surface area (Å²) in [7, 11) is 0. The van der Waals surface area contributed by atoms with Gasteiger partial charge in [0.25, 0.3) is 5.91 Å². The van der Waals surface area contributed by atoms with Crippen LogP contribution in [0.15, 0.2) is 52.3 Å².